The maximum atomic E-state index is 14.5. The Bertz CT molecular complexity index is 923. The van der Waals surface area contributed by atoms with Crippen molar-refractivity contribution in [3.05, 3.63) is 55.9 Å². The molecule has 0 saturated heterocycles. The third-order valence-corrected chi connectivity index (χ3v) is 3.69. The summed E-state index contributed by atoms with van der Waals surface area (Å²) in [6, 6.07) is 2.85. The highest BCUT2D eigenvalue weighted by atomic mass is 35.5. The molecule has 0 aliphatic heterocycles. The van der Waals surface area contributed by atoms with E-state index in [4.69, 9.17) is 34.8 Å². The van der Waals surface area contributed by atoms with E-state index in [1.54, 1.807) is 0 Å². The van der Waals surface area contributed by atoms with Gasteiger partial charge in [0.2, 0.25) is 0 Å². The number of benzene rings is 1. The van der Waals surface area contributed by atoms with Crippen LogP contribution in [0.3, 0.4) is 0 Å². The molecule has 1 N–H and O–H groups in total. The van der Waals surface area contributed by atoms with Gasteiger partial charge >= 0.3 is 0 Å². The standard InChI is InChI=1S/C12H5Cl3FN5O/c13-6-1-2-7(21-4-8(14)18-20-21)9(11(6)16)5-3-17-19-12(22)10(5)15/h1-4H,(H,19,22). The van der Waals surface area contributed by atoms with Crippen LogP contribution >= 0.6 is 34.8 Å². The highest BCUT2D eigenvalue weighted by molar-refractivity contribution is 6.34. The minimum atomic E-state index is -0.764. The Kier molecular flexibility index (Phi) is 3.86. The van der Waals surface area contributed by atoms with Gasteiger partial charge in [-0.2, -0.15) is 5.10 Å². The lowest BCUT2D eigenvalue weighted by Crippen LogP contribution is -2.10. The van der Waals surface area contributed by atoms with Crippen LogP contribution in [0.15, 0.2) is 29.3 Å². The molecule has 0 amide bonds. The van der Waals surface area contributed by atoms with E-state index >= 15 is 0 Å². The molecule has 0 spiro atoms. The number of H-pyrrole nitrogens is 1. The van der Waals surface area contributed by atoms with Crippen LogP contribution in [-0.2, 0) is 0 Å². The zero-order valence-corrected chi connectivity index (χ0v) is 12.8. The third kappa shape index (κ3) is 2.47. The first-order valence-corrected chi connectivity index (χ1v) is 6.92. The molecule has 3 rings (SSSR count). The molecule has 112 valence electrons. The number of aromatic amines is 1. The first kappa shape index (κ1) is 15.0. The Morgan fingerprint density at radius 2 is 2.00 bits per heavy atom. The second kappa shape index (κ2) is 5.68. The first-order chi connectivity index (χ1) is 10.5. The van der Waals surface area contributed by atoms with Gasteiger partial charge in [-0.3, -0.25) is 4.79 Å². The van der Waals surface area contributed by atoms with Gasteiger partial charge in [-0.15, -0.1) is 5.10 Å². The highest BCUT2D eigenvalue weighted by Crippen LogP contribution is 2.35. The Morgan fingerprint density at radius 1 is 1.23 bits per heavy atom. The summed E-state index contributed by atoms with van der Waals surface area (Å²) in [5.41, 5.74) is -0.346. The molecule has 0 fully saturated rings. The quantitative estimate of drug-likeness (QED) is 0.762. The van der Waals surface area contributed by atoms with Gasteiger partial charge in [-0.1, -0.05) is 40.0 Å². The van der Waals surface area contributed by atoms with Crippen LogP contribution in [0, 0.1) is 5.82 Å². The van der Waals surface area contributed by atoms with Gasteiger partial charge < -0.3 is 0 Å². The van der Waals surface area contributed by atoms with E-state index < -0.39 is 11.4 Å². The van der Waals surface area contributed by atoms with Gasteiger partial charge in [0.1, 0.15) is 5.02 Å². The molecule has 0 atom stereocenters. The number of aromatic nitrogens is 5. The second-order valence-electron chi connectivity index (χ2n) is 4.17. The molecule has 2 aromatic heterocycles. The molecule has 1 aromatic carbocycles. The van der Waals surface area contributed by atoms with Crippen molar-refractivity contribution in [2.75, 3.05) is 0 Å². The van der Waals surface area contributed by atoms with E-state index in [-0.39, 0.29) is 32.0 Å². The van der Waals surface area contributed by atoms with E-state index in [1.807, 2.05) is 0 Å². The molecular formula is C12H5Cl3FN5O. The van der Waals surface area contributed by atoms with Crippen molar-refractivity contribution >= 4 is 34.8 Å². The number of nitrogens with one attached hydrogen (secondary N) is 1. The van der Waals surface area contributed by atoms with Crippen LogP contribution in [0.25, 0.3) is 16.8 Å². The predicted octanol–water partition coefficient (Wildman–Crippen LogP) is 3.12. The van der Waals surface area contributed by atoms with Gasteiger partial charge in [-0.05, 0) is 12.1 Å². The summed E-state index contributed by atoms with van der Waals surface area (Å²) in [5, 5.41) is 12.9. The van der Waals surface area contributed by atoms with E-state index in [2.05, 4.69) is 20.5 Å². The maximum absolute atomic E-state index is 14.5. The minimum absolute atomic E-state index is 0.0299. The fourth-order valence-electron chi connectivity index (χ4n) is 1.91. The average molecular weight is 361 g/mol. The molecule has 3 aromatic rings. The van der Waals surface area contributed by atoms with Crippen molar-refractivity contribution in [1.82, 2.24) is 25.2 Å². The fraction of sp³-hybridized carbons (Fsp3) is 0. The highest BCUT2D eigenvalue weighted by Gasteiger charge is 2.20. The van der Waals surface area contributed by atoms with Crippen LogP contribution in [0.4, 0.5) is 4.39 Å². The lowest BCUT2D eigenvalue weighted by atomic mass is 10.1. The van der Waals surface area contributed by atoms with Crippen molar-refractivity contribution in [3.8, 4) is 16.8 Å². The molecule has 6 nitrogen and oxygen atoms in total. The van der Waals surface area contributed by atoms with Crippen LogP contribution in [0.2, 0.25) is 15.2 Å². The van der Waals surface area contributed by atoms with Gasteiger partial charge in [0.05, 0.1) is 23.1 Å². The number of nitrogens with zero attached hydrogens (tertiary/aromatic N) is 4. The van der Waals surface area contributed by atoms with E-state index in [0.29, 0.717) is 0 Å². The zero-order valence-electron chi connectivity index (χ0n) is 10.5. The summed E-state index contributed by atoms with van der Waals surface area (Å²) >= 11 is 17.5. The van der Waals surface area contributed by atoms with Gasteiger partial charge in [0.25, 0.3) is 5.56 Å². The van der Waals surface area contributed by atoms with Crippen molar-refractivity contribution in [1.29, 1.82) is 0 Å². The molecular weight excluding hydrogens is 356 g/mol. The second-order valence-corrected chi connectivity index (χ2v) is 5.34. The largest absolute Gasteiger partial charge is 0.283 e. The van der Waals surface area contributed by atoms with E-state index in [9.17, 15) is 9.18 Å². The molecule has 0 bridgehead atoms. The Morgan fingerprint density at radius 3 is 2.68 bits per heavy atom. The van der Waals surface area contributed by atoms with Crippen molar-refractivity contribution < 1.29 is 4.39 Å². The van der Waals surface area contributed by atoms with Crippen molar-refractivity contribution in [2.45, 2.75) is 0 Å². The molecule has 22 heavy (non-hydrogen) atoms. The topological polar surface area (TPSA) is 76.5 Å². The van der Waals surface area contributed by atoms with Crippen LogP contribution in [-0.4, -0.2) is 25.2 Å². The summed E-state index contributed by atoms with van der Waals surface area (Å²) in [4.78, 5) is 11.6. The summed E-state index contributed by atoms with van der Waals surface area (Å²) in [5.74, 6) is -0.764. The SMILES string of the molecule is O=c1[nH]ncc(-c2c(-n3cc(Cl)nn3)ccc(Cl)c2F)c1Cl. The number of halogens is 4. The molecule has 0 saturated carbocycles. The molecule has 0 aliphatic carbocycles. The van der Waals surface area contributed by atoms with Crippen molar-refractivity contribution in [3.63, 3.8) is 0 Å². The molecule has 0 radical (unpaired) electrons. The number of hydrogen-bond donors (Lipinski definition) is 1. The van der Waals surface area contributed by atoms with Gasteiger partial charge in [-0.25, -0.2) is 14.2 Å². The maximum Gasteiger partial charge on any atom is 0.283 e. The Labute approximate surface area is 137 Å². The summed E-state index contributed by atoms with van der Waals surface area (Å²) in [6.07, 6.45) is 2.60. The summed E-state index contributed by atoms with van der Waals surface area (Å²) in [6.45, 7) is 0. The number of rotatable bonds is 2. The van der Waals surface area contributed by atoms with Crippen molar-refractivity contribution in [2.24, 2.45) is 0 Å². The molecule has 0 unspecified atom stereocenters. The van der Waals surface area contributed by atoms with E-state index in [1.165, 1.54) is 29.2 Å². The smallest absolute Gasteiger partial charge is 0.266 e. The number of hydrogen-bond acceptors (Lipinski definition) is 4. The molecule has 2 heterocycles. The first-order valence-electron chi connectivity index (χ1n) is 5.79. The normalized spacial score (nSPS) is 10.9. The summed E-state index contributed by atoms with van der Waals surface area (Å²) in [7, 11) is 0. The monoisotopic (exact) mass is 359 g/mol. The van der Waals surface area contributed by atoms with Gasteiger partial charge in [0, 0.05) is 11.1 Å². The van der Waals surface area contributed by atoms with Gasteiger partial charge in [0.15, 0.2) is 11.0 Å². The Balaban J connectivity index is 2.37. The molecule has 0 aliphatic rings. The third-order valence-electron chi connectivity index (χ3n) is 2.85. The lowest BCUT2D eigenvalue weighted by Gasteiger charge is -2.12. The van der Waals surface area contributed by atoms with Crippen LogP contribution < -0.4 is 5.56 Å². The summed E-state index contributed by atoms with van der Waals surface area (Å²) < 4.78 is 15.8. The zero-order chi connectivity index (χ0) is 15.9. The lowest BCUT2D eigenvalue weighted by molar-refractivity contribution is 0.629. The minimum Gasteiger partial charge on any atom is -0.266 e. The fourth-order valence-corrected chi connectivity index (χ4v) is 2.38. The van der Waals surface area contributed by atoms with E-state index in [0.717, 1.165) is 0 Å². The van der Waals surface area contributed by atoms with Crippen LogP contribution in [0.1, 0.15) is 0 Å². The predicted molar refractivity (Wildman–Crippen MR) is 80.2 cm³/mol. The average Bonchev–Trinajstić information content (AvgIpc) is 2.91. The van der Waals surface area contributed by atoms with Crippen LogP contribution in [0.5, 0.6) is 0 Å². The molecule has 10 heteroatoms. The Hall–Kier alpha value is -1.96.